The Bertz CT molecular complexity index is 1230. The van der Waals surface area contributed by atoms with Gasteiger partial charge in [0.1, 0.15) is 11.1 Å². The standard InChI is InChI=1S/C29H34N4O3/c1-22-10-12-23(13-11-22)19-31-28(35)25-20-32(18-14-24-9-5-6-15-30-24)21-26(27(25)34)29(36)33-16-7-3-2-4-8-17-33/h5-6,9-13,15,20-21H,2-4,7-8,14,16-19H2,1H3,(H,31,35). The lowest BCUT2D eigenvalue weighted by Crippen LogP contribution is -2.39. The number of hydrogen-bond donors (Lipinski definition) is 1. The first kappa shape index (κ1) is 25.4. The van der Waals surface area contributed by atoms with E-state index in [0.29, 0.717) is 32.6 Å². The summed E-state index contributed by atoms with van der Waals surface area (Å²) in [5.41, 5.74) is 2.50. The number of hydrogen-bond acceptors (Lipinski definition) is 4. The molecule has 188 valence electrons. The molecule has 0 bridgehead atoms. The molecule has 0 unspecified atom stereocenters. The van der Waals surface area contributed by atoms with Crippen molar-refractivity contribution in [2.75, 3.05) is 13.1 Å². The Labute approximate surface area is 212 Å². The van der Waals surface area contributed by atoms with E-state index in [-0.39, 0.29) is 17.0 Å². The fourth-order valence-corrected chi connectivity index (χ4v) is 4.47. The maximum atomic E-state index is 13.5. The van der Waals surface area contributed by atoms with Crippen LogP contribution < -0.4 is 10.7 Å². The number of rotatable bonds is 7. The molecule has 1 saturated heterocycles. The predicted octanol–water partition coefficient (Wildman–Crippen LogP) is 4.13. The zero-order valence-electron chi connectivity index (χ0n) is 20.9. The zero-order valence-corrected chi connectivity index (χ0v) is 20.9. The van der Waals surface area contributed by atoms with Gasteiger partial charge in [0.05, 0.1) is 0 Å². The van der Waals surface area contributed by atoms with Crippen molar-refractivity contribution in [1.82, 2.24) is 19.8 Å². The Morgan fingerprint density at radius 3 is 2.31 bits per heavy atom. The van der Waals surface area contributed by atoms with Gasteiger partial charge in [-0.25, -0.2) is 0 Å². The van der Waals surface area contributed by atoms with Crippen LogP contribution in [0.1, 0.15) is 69.6 Å². The van der Waals surface area contributed by atoms with E-state index < -0.39 is 11.3 Å². The molecule has 3 aromatic rings. The lowest BCUT2D eigenvalue weighted by atomic mass is 10.1. The summed E-state index contributed by atoms with van der Waals surface area (Å²) < 4.78 is 1.77. The summed E-state index contributed by atoms with van der Waals surface area (Å²) in [5.74, 6) is -0.767. The van der Waals surface area contributed by atoms with E-state index in [1.54, 1.807) is 28.1 Å². The van der Waals surface area contributed by atoms with Gasteiger partial charge in [0.25, 0.3) is 11.8 Å². The van der Waals surface area contributed by atoms with Gasteiger partial charge in [-0.3, -0.25) is 19.4 Å². The fourth-order valence-electron chi connectivity index (χ4n) is 4.47. The van der Waals surface area contributed by atoms with Gasteiger partial charge < -0.3 is 14.8 Å². The van der Waals surface area contributed by atoms with Crippen molar-refractivity contribution in [3.8, 4) is 0 Å². The van der Waals surface area contributed by atoms with Crippen LogP contribution in [0.5, 0.6) is 0 Å². The highest BCUT2D eigenvalue weighted by atomic mass is 16.2. The number of pyridine rings is 2. The Morgan fingerprint density at radius 2 is 1.61 bits per heavy atom. The molecule has 1 fully saturated rings. The van der Waals surface area contributed by atoms with Crippen LogP contribution >= 0.6 is 0 Å². The van der Waals surface area contributed by atoms with Crippen molar-refractivity contribution in [2.24, 2.45) is 0 Å². The van der Waals surface area contributed by atoms with E-state index >= 15 is 0 Å². The number of aromatic nitrogens is 2. The number of carbonyl (C=O) groups excluding carboxylic acids is 2. The van der Waals surface area contributed by atoms with Crippen LogP contribution in [-0.2, 0) is 19.5 Å². The molecule has 1 aliphatic rings. The zero-order chi connectivity index (χ0) is 25.3. The summed E-state index contributed by atoms with van der Waals surface area (Å²) in [5, 5.41) is 2.85. The molecule has 0 spiro atoms. The maximum absolute atomic E-state index is 13.5. The molecule has 1 aliphatic heterocycles. The molecule has 4 rings (SSSR count). The Morgan fingerprint density at radius 1 is 0.917 bits per heavy atom. The van der Waals surface area contributed by atoms with E-state index in [2.05, 4.69) is 10.3 Å². The molecular weight excluding hydrogens is 452 g/mol. The van der Waals surface area contributed by atoms with Crippen molar-refractivity contribution < 1.29 is 9.59 Å². The van der Waals surface area contributed by atoms with Crippen molar-refractivity contribution in [3.63, 3.8) is 0 Å². The fraction of sp³-hybridized carbons (Fsp3) is 0.379. The van der Waals surface area contributed by atoms with Gasteiger partial charge in [-0.15, -0.1) is 0 Å². The largest absolute Gasteiger partial charge is 0.352 e. The third kappa shape index (κ3) is 6.68. The van der Waals surface area contributed by atoms with Crippen LogP contribution in [0, 0.1) is 6.92 Å². The van der Waals surface area contributed by atoms with Crippen LogP contribution in [0.25, 0.3) is 0 Å². The molecule has 2 aromatic heterocycles. The van der Waals surface area contributed by atoms with Gasteiger partial charge in [-0.1, -0.05) is 55.2 Å². The third-order valence-electron chi connectivity index (χ3n) is 6.62. The SMILES string of the molecule is Cc1ccc(CNC(=O)c2cn(CCc3ccccn3)cc(C(=O)N3CCCCCCC3)c2=O)cc1. The molecule has 36 heavy (non-hydrogen) atoms. The normalized spacial score (nSPS) is 14.1. The topological polar surface area (TPSA) is 84.3 Å². The number of benzene rings is 1. The summed E-state index contributed by atoms with van der Waals surface area (Å²) in [4.78, 5) is 46.1. The lowest BCUT2D eigenvalue weighted by molar-refractivity contribution is 0.0740. The molecule has 7 heteroatoms. The van der Waals surface area contributed by atoms with Crippen molar-refractivity contribution in [3.05, 3.63) is 99.2 Å². The van der Waals surface area contributed by atoms with E-state index in [0.717, 1.165) is 42.5 Å². The third-order valence-corrected chi connectivity index (χ3v) is 6.62. The summed E-state index contributed by atoms with van der Waals surface area (Å²) in [6.45, 7) is 4.07. The maximum Gasteiger partial charge on any atom is 0.259 e. The van der Waals surface area contributed by atoms with Gasteiger partial charge in [0.2, 0.25) is 5.43 Å². The highest BCUT2D eigenvalue weighted by molar-refractivity contribution is 5.99. The van der Waals surface area contributed by atoms with E-state index in [9.17, 15) is 14.4 Å². The molecule has 0 radical (unpaired) electrons. The number of likely N-dealkylation sites (tertiary alicyclic amines) is 1. The molecule has 3 heterocycles. The molecule has 0 aliphatic carbocycles. The van der Waals surface area contributed by atoms with Crippen LogP contribution in [0.3, 0.4) is 0 Å². The monoisotopic (exact) mass is 486 g/mol. The molecule has 1 N–H and O–H groups in total. The van der Waals surface area contributed by atoms with Crippen LogP contribution in [0.2, 0.25) is 0 Å². The van der Waals surface area contributed by atoms with Crippen molar-refractivity contribution in [2.45, 2.75) is 58.5 Å². The predicted molar refractivity (Wildman–Crippen MR) is 140 cm³/mol. The quantitative estimate of drug-likeness (QED) is 0.544. The summed E-state index contributed by atoms with van der Waals surface area (Å²) in [6, 6.07) is 13.6. The second kappa shape index (κ2) is 12.3. The van der Waals surface area contributed by atoms with E-state index in [4.69, 9.17) is 0 Å². The van der Waals surface area contributed by atoms with Crippen molar-refractivity contribution in [1.29, 1.82) is 0 Å². The first-order valence-corrected chi connectivity index (χ1v) is 12.8. The number of nitrogens with one attached hydrogen (secondary N) is 1. The highest BCUT2D eigenvalue weighted by Gasteiger charge is 2.24. The lowest BCUT2D eigenvalue weighted by Gasteiger charge is -2.25. The van der Waals surface area contributed by atoms with Gasteiger partial charge in [0.15, 0.2) is 0 Å². The Balaban J connectivity index is 1.60. The van der Waals surface area contributed by atoms with Gasteiger partial charge >= 0.3 is 0 Å². The average molecular weight is 487 g/mol. The van der Waals surface area contributed by atoms with E-state index in [1.165, 1.54) is 6.42 Å². The average Bonchev–Trinajstić information content (AvgIpc) is 2.87. The Hall–Kier alpha value is -3.74. The number of carbonyl (C=O) groups is 2. The molecule has 1 aromatic carbocycles. The van der Waals surface area contributed by atoms with Gasteiger partial charge in [0, 0.05) is 56.9 Å². The van der Waals surface area contributed by atoms with Crippen LogP contribution in [0.15, 0.2) is 65.8 Å². The summed E-state index contributed by atoms with van der Waals surface area (Å²) in [6.07, 6.45) is 10.7. The molecule has 0 saturated carbocycles. The van der Waals surface area contributed by atoms with Crippen LogP contribution in [0.4, 0.5) is 0 Å². The molecule has 0 atom stereocenters. The van der Waals surface area contributed by atoms with Crippen molar-refractivity contribution >= 4 is 11.8 Å². The van der Waals surface area contributed by atoms with Crippen LogP contribution in [-0.4, -0.2) is 39.4 Å². The second-order valence-electron chi connectivity index (χ2n) is 9.45. The molecule has 7 nitrogen and oxygen atoms in total. The second-order valence-corrected chi connectivity index (χ2v) is 9.45. The van der Waals surface area contributed by atoms with E-state index in [1.807, 2.05) is 49.4 Å². The number of nitrogens with zero attached hydrogens (tertiary/aromatic N) is 3. The minimum atomic E-state index is -0.516. The Kier molecular flexibility index (Phi) is 8.66. The van der Waals surface area contributed by atoms with Gasteiger partial charge in [-0.2, -0.15) is 0 Å². The number of amides is 2. The molecular formula is C29H34N4O3. The minimum absolute atomic E-state index is 0.0129. The smallest absolute Gasteiger partial charge is 0.259 e. The first-order valence-electron chi connectivity index (χ1n) is 12.8. The first-order chi connectivity index (χ1) is 17.5. The summed E-state index contributed by atoms with van der Waals surface area (Å²) in [7, 11) is 0. The molecule has 2 amide bonds. The summed E-state index contributed by atoms with van der Waals surface area (Å²) >= 11 is 0. The highest BCUT2D eigenvalue weighted by Crippen LogP contribution is 2.13. The minimum Gasteiger partial charge on any atom is -0.352 e. The number of aryl methyl sites for hydroxylation is 3. The van der Waals surface area contributed by atoms with Gasteiger partial charge in [-0.05, 0) is 37.5 Å².